The third-order valence-corrected chi connectivity index (χ3v) is 4.97. The lowest BCUT2D eigenvalue weighted by Gasteiger charge is -2.11. The van der Waals surface area contributed by atoms with Crippen molar-refractivity contribution in [2.75, 3.05) is 0 Å². The third-order valence-electron chi connectivity index (χ3n) is 4.97. The number of fused-ring (bicyclic) bond motifs is 1. The van der Waals surface area contributed by atoms with E-state index >= 15 is 0 Å². The van der Waals surface area contributed by atoms with Gasteiger partial charge in [0.1, 0.15) is 12.7 Å². The van der Waals surface area contributed by atoms with Crippen LogP contribution in [-0.2, 0) is 20.1 Å². The van der Waals surface area contributed by atoms with Crippen LogP contribution in [0.5, 0.6) is 0 Å². The highest BCUT2D eigenvalue weighted by atomic mass is 16.1. The first-order valence-corrected chi connectivity index (χ1v) is 9.44. The summed E-state index contributed by atoms with van der Waals surface area (Å²) in [6, 6.07) is 23.5. The van der Waals surface area contributed by atoms with Crippen LogP contribution in [-0.4, -0.2) is 10.5 Å². The van der Waals surface area contributed by atoms with Crippen molar-refractivity contribution in [2.45, 2.75) is 13.1 Å². The van der Waals surface area contributed by atoms with Gasteiger partial charge in [0.05, 0.1) is 11.6 Å². The van der Waals surface area contributed by atoms with Gasteiger partial charge < -0.3 is 9.88 Å². The van der Waals surface area contributed by atoms with E-state index in [1.165, 1.54) is 0 Å². The molecule has 0 bridgehead atoms. The van der Waals surface area contributed by atoms with Crippen LogP contribution in [0.3, 0.4) is 0 Å². The lowest BCUT2D eigenvalue weighted by Crippen LogP contribution is -2.28. The molecule has 0 unspecified atom stereocenters. The second-order valence-electron chi connectivity index (χ2n) is 7.04. The molecule has 0 aliphatic carbocycles. The molecule has 0 fully saturated rings. The number of nitriles is 1. The van der Waals surface area contributed by atoms with Crippen molar-refractivity contribution in [3.8, 4) is 6.07 Å². The molecule has 1 N–H and O–H groups in total. The minimum absolute atomic E-state index is 0.108. The Bertz CT molecular complexity index is 1200. The van der Waals surface area contributed by atoms with E-state index in [1.54, 1.807) is 12.1 Å². The number of aromatic nitrogens is 2. The van der Waals surface area contributed by atoms with E-state index in [1.807, 2.05) is 83.2 Å². The molecular weight excluding hydrogens is 360 g/mol. The maximum Gasteiger partial charge on any atom is 0.268 e. The van der Waals surface area contributed by atoms with Gasteiger partial charge in [-0.25, -0.2) is 4.57 Å². The smallest absolute Gasteiger partial charge is 0.268 e. The number of nitrogens with one attached hydrogen (secondary N) is 1. The molecule has 1 amide bonds. The lowest BCUT2D eigenvalue weighted by atomic mass is 10.1. The minimum atomic E-state index is -0.108. The molecule has 0 atom stereocenters. The van der Waals surface area contributed by atoms with Crippen LogP contribution in [0.1, 0.15) is 27.2 Å². The fraction of sp³-hybridized carbons (Fsp3) is 0.125. The zero-order valence-electron chi connectivity index (χ0n) is 16.2. The lowest BCUT2D eigenvalue weighted by molar-refractivity contribution is -0.671. The molecule has 142 valence electrons. The van der Waals surface area contributed by atoms with Gasteiger partial charge in [0.25, 0.3) is 5.91 Å². The molecule has 4 rings (SSSR count). The van der Waals surface area contributed by atoms with Gasteiger partial charge in [-0.3, -0.25) is 4.79 Å². The number of para-hydroxylation sites is 1. The van der Waals surface area contributed by atoms with Crippen LogP contribution in [0.15, 0.2) is 79.1 Å². The number of hydrogen-bond acceptors (Lipinski definition) is 2. The summed E-state index contributed by atoms with van der Waals surface area (Å²) in [5.41, 5.74) is 4.34. The van der Waals surface area contributed by atoms with E-state index in [0.717, 1.165) is 22.0 Å². The fourth-order valence-corrected chi connectivity index (χ4v) is 3.36. The van der Waals surface area contributed by atoms with Crippen LogP contribution in [0, 0.1) is 11.3 Å². The highest BCUT2D eigenvalue weighted by molar-refractivity contribution is 5.98. The molecule has 0 saturated heterocycles. The first-order valence-electron chi connectivity index (χ1n) is 9.44. The van der Waals surface area contributed by atoms with Gasteiger partial charge in [-0.05, 0) is 35.4 Å². The molecule has 0 saturated carbocycles. The van der Waals surface area contributed by atoms with Crippen LogP contribution >= 0.6 is 0 Å². The first-order chi connectivity index (χ1) is 14.1. The maximum absolute atomic E-state index is 13.0. The number of carbonyl (C=O) groups excluding carboxylic acids is 1. The molecule has 2 aromatic heterocycles. The number of benzene rings is 2. The molecular formula is C24H21N4O+. The summed E-state index contributed by atoms with van der Waals surface area (Å²) in [7, 11) is 1.96. The molecule has 2 aromatic carbocycles. The molecule has 29 heavy (non-hydrogen) atoms. The van der Waals surface area contributed by atoms with E-state index < -0.39 is 0 Å². The predicted molar refractivity (Wildman–Crippen MR) is 111 cm³/mol. The average molecular weight is 381 g/mol. The van der Waals surface area contributed by atoms with Gasteiger partial charge in [0, 0.05) is 36.1 Å². The maximum atomic E-state index is 13.0. The van der Waals surface area contributed by atoms with Crippen molar-refractivity contribution < 1.29 is 9.36 Å². The largest absolute Gasteiger partial charge is 0.347 e. The van der Waals surface area contributed by atoms with Gasteiger partial charge in [-0.1, -0.05) is 30.3 Å². The summed E-state index contributed by atoms with van der Waals surface area (Å²) < 4.78 is 3.98. The molecule has 0 aliphatic heterocycles. The molecule has 5 nitrogen and oxygen atoms in total. The monoisotopic (exact) mass is 381 g/mol. The van der Waals surface area contributed by atoms with Crippen molar-refractivity contribution >= 4 is 16.8 Å². The van der Waals surface area contributed by atoms with Crippen LogP contribution in [0.4, 0.5) is 0 Å². The zero-order valence-corrected chi connectivity index (χ0v) is 16.2. The van der Waals surface area contributed by atoms with E-state index in [9.17, 15) is 4.79 Å². The Balaban J connectivity index is 1.62. The number of hydrogen-bond donors (Lipinski definition) is 1. The quantitative estimate of drug-likeness (QED) is 0.539. The van der Waals surface area contributed by atoms with Crippen molar-refractivity contribution in [3.63, 3.8) is 0 Å². The van der Waals surface area contributed by atoms with E-state index in [2.05, 4.69) is 11.4 Å². The molecule has 5 heteroatoms. The Hall–Kier alpha value is -3.91. The van der Waals surface area contributed by atoms with Crippen LogP contribution < -0.4 is 9.88 Å². The van der Waals surface area contributed by atoms with E-state index in [0.29, 0.717) is 24.3 Å². The van der Waals surface area contributed by atoms with Crippen LogP contribution in [0.25, 0.3) is 10.9 Å². The topological polar surface area (TPSA) is 61.7 Å². The van der Waals surface area contributed by atoms with E-state index in [4.69, 9.17) is 5.26 Å². The van der Waals surface area contributed by atoms with Crippen molar-refractivity contribution in [3.05, 3.63) is 102 Å². The Kier molecular flexibility index (Phi) is 5.08. The first kappa shape index (κ1) is 18.5. The fourth-order valence-electron chi connectivity index (χ4n) is 3.36. The summed E-state index contributed by atoms with van der Waals surface area (Å²) in [6.07, 6.45) is 3.92. The normalized spacial score (nSPS) is 10.6. The zero-order chi connectivity index (χ0) is 20.2. The van der Waals surface area contributed by atoms with Gasteiger partial charge in [0.15, 0.2) is 12.4 Å². The Labute approximate surface area is 169 Å². The summed E-state index contributed by atoms with van der Waals surface area (Å²) in [4.78, 5) is 13.0. The molecule has 2 heterocycles. The number of nitrogens with zero attached hydrogens (tertiary/aromatic N) is 3. The number of amides is 1. The van der Waals surface area contributed by atoms with Crippen molar-refractivity contribution in [1.29, 1.82) is 5.26 Å². The van der Waals surface area contributed by atoms with Gasteiger partial charge in [0.2, 0.25) is 0 Å². The minimum Gasteiger partial charge on any atom is -0.347 e. The molecule has 0 aliphatic rings. The highest BCUT2D eigenvalue weighted by Gasteiger charge is 2.16. The Morgan fingerprint density at radius 2 is 1.76 bits per heavy atom. The van der Waals surface area contributed by atoms with Crippen molar-refractivity contribution in [2.24, 2.45) is 7.05 Å². The predicted octanol–water partition coefficient (Wildman–Crippen LogP) is 3.32. The summed E-state index contributed by atoms with van der Waals surface area (Å²) in [5, 5.41) is 13.1. The number of pyridine rings is 1. The number of carbonyl (C=O) groups is 1. The second kappa shape index (κ2) is 7.99. The van der Waals surface area contributed by atoms with Gasteiger partial charge in [-0.2, -0.15) is 5.26 Å². The Morgan fingerprint density at radius 1 is 1.03 bits per heavy atom. The summed E-state index contributed by atoms with van der Waals surface area (Å²) in [6.45, 7) is 1.03. The van der Waals surface area contributed by atoms with Gasteiger partial charge in [-0.15, -0.1) is 0 Å². The Morgan fingerprint density at radius 3 is 2.48 bits per heavy atom. The number of aryl methyl sites for hydroxylation is 1. The van der Waals surface area contributed by atoms with Gasteiger partial charge >= 0.3 is 0 Å². The highest BCUT2D eigenvalue weighted by Crippen LogP contribution is 2.21. The third kappa shape index (κ3) is 4.02. The van der Waals surface area contributed by atoms with Crippen molar-refractivity contribution in [1.82, 2.24) is 9.88 Å². The van der Waals surface area contributed by atoms with Crippen LogP contribution in [0.2, 0.25) is 0 Å². The number of rotatable bonds is 5. The summed E-state index contributed by atoms with van der Waals surface area (Å²) >= 11 is 0. The molecule has 0 spiro atoms. The summed E-state index contributed by atoms with van der Waals surface area (Å²) in [5.74, 6) is -0.108. The molecule has 0 radical (unpaired) electrons. The molecule has 4 aromatic rings. The second-order valence-corrected chi connectivity index (χ2v) is 7.04. The SMILES string of the molecule is C[n+]1ccc(CNC(=O)c2cc3ccccc3n2Cc2ccc(C#N)cc2)cc1. The standard InChI is InChI=1S/C24H20N4O/c1-27-12-10-19(11-13-27)16-26-24(29)23-14-21-4-2-3-5-22(21)28(23)17-20-8-6-18(15-25)7-9-20/h2-14H,16-17H2,1H3/p+1. The average Bonchev–Trinajstić information content (AvgIpc) is 3.12. The van der Waals surface area contributed by atoms with E-state index in [-0.39, 0.29) is 5.91 Å².